The van der Waals surface area contributed by atoms with Crippen LogP contribution in [-0.4, -0.2) is 44.4 Å². The van der Waals surface area contributed by atoms with Crippen molar-refractivity contribution >= 4 is 29.1 Å². The molecule has 0 aliphatic carbocycles. The first-order valence-electron chi connectivity index (χ1n) is 6.74. The molecule has 0 spiro atoms. The minimum absolute atomic E-state index is 0.152. The van der Waals surface area contributed by atoms with Gasteiger partial charge in [0.05, 0.1) is 4.92 Å². The Bertz CT molecular complexity index is 632. The second-order valence-corrected chi connectivity index (χ2v) is 6.24. The van der Waals surface area contributed by atoms with Gasteiger partial charge in [0.15, 0.2) is 0 Å². The third-order valence-corrected chi connectivity index (χ3v) is 3.25. The molecule has 2 heterocycles. The van der Waals surface area contributed by atoms with E-state index in [9.17, 15) is 14.9 Å². The number of nitro groups is 1. The highest BCUT2D eigenvalue weighted by Gasteiger charge is 2.25. The second kappa shape index (κ2) is 5.96. The topological polar surface area (TPSA) is 90.5 Å². The summed E-state index contributed by atoms with van der Waals surface area (Å²) in [4.78, 5) is 23.7. The Balaban J connectivity index is 2.07. The van der Waals surface area contributed by atoms with Gasteiger partial charge in [-0.25, -0.2) is 9.48 Å². The lowest BCUT2D eigenvalue weighted by molar-refractivity contribution is -0.384. The first-order valence-corrected chi connectivity index (χ1v) is 7.12. The van der Waals surface area contributed by atoms with Crippen molar-refractivity contribution in [1.82, 2.24) is 14.7 Å². The number of hydrogen-bond donors (Lipinski definition) is 0. The van der Waals surface area contributed by atoms with E-state index in [1.165, 1.54) is 10.9 Å². The Morgan fingerprint density at radius 1 is 1.50 bits per heavy atom. The maximum atomic E-state index is 11.9. The minimum Gasteiger partial charge on any atom is -0.444 e. The SMILES string of the molecule is CC(C)(C)OC(=O)N1CC=C(n2cc([N+](=O)[O-])c(Cl)n2)CC1. The zero-order chi connectivity index (χ0) is 16.5. The van der Waals surface area contributed by atoms with E-state index < -0.39 is 10.5 Å². The van der Waals surface area contributed by atoms with Crippen LogP contribution in [-0.2, 0) is 4.74 Å². The lowest BCUT2D eigenvalue weighted by atomic mass is 10.2. The summed E-state index contributed by atoms with van der Waals surface area (Å²) in [5.41, 5.74) is -0.0241. The number of aromatic nitrogens is 2. The highest BCUT2D eigenvalue weighted by Crippen LogP contribution is 2.26. The molecule has 0 bridgehead atoms. The summed E-state index contributed by atoms with van der Waals surface area (Å²) in [5.74, 6) is 0. The van der Waals surface area contributed by atoms with E-state index in [2.05, 4.69) is 5.10 Å². The molecule has 0 N–H and O–H groups in total. The van der Waals surface area contributed by atoms with Gasteiger partial charge < -0.3 is 9.64 Å². The molecular formula is C13H17ClN4O4. The van der Waals surface area contributed by atoms with E-state index in [0.29, 0.717) is 19.5 Å². The largest absolute Gasteiger partial charge is 0.444 e. The lowest BCUT2D eigenvalue weighted by Gasteiger charge is -2.29. The Morgan fingerprint density at radius 2 is 2.18 bits per heavy atom. The van der Waals surface area contributed by atoms with Gasteiger partial charge in [-0.05, 0) is 26.8 Å². The van der Waals surface area contributed by atoms with Crippen LogP contribution in [0.25, 0.3) is 5.70 Å². The van der Waals surface area contributed by atoms with Crippen LogP contribution in [0.5, 0.6) is 0 Å². The standard InChI is InChI=1S/C13H17ClN4O4/c1-13(2,3)22-12(19)16-6-4-9(5-7-16)17-8-10(18(20)21)11(14)15-17/h4,8H,5-7H2,1-3H3. The molecule has 8 nitrogen and oxygen atoms in total. The van der Waals surface area contributed by atoms with Crippen LogP contribution in [0.3, 0.4) is 0 Å². The maximum Gasteiger partial charge on any atom is 0.410 e. The number of hydrogen-bond acceptors (Lipinski definition) is 5. The second-order valence-electron chi connectivity index (χ2n) is 5.88. The quantitative estimate of drug-likeness (QED) is 0.615. The van der Waals surface area contributed by atoms with E-state index >= 15 is 0 Å². The highest BCUT2D eigenvalue weighted by molar-refractivity contribution is 6.31. The number of nitrogens with zero attached hydrogens (tertiary/aromatic N) is 4. The Kier molecular flexibility index (Phi) is 4.41. The van der Waals surface area contributed by atoms with Crippen molar-refractivity contribution in [3.63, 3.8) is 0 Å². The molecule has 2 rings (SSSR count). The summed E-state index contributed by atoms with van der Waals surface area (Å²) in [7, 11) is 0. The van der Waals surface area contributed by atoms with Crippen molar-refractivity contribution in [2.75, 3.05) is 13.1 Å². The third-order valence-electron chi connectivity index (χ3n) is 2.98. The number of halogens is 1. The van der Waals surface area contributed by atoms with Gasteiger partial charge in [0.2, 0.25) is 5.15 Å². The highest BCUT2D eigenvalue weighted by atomic mass is 35.5. The molecule has 120 valence electrons. The van der Waals surface area contributed by atoms with Crippen molar-refractivity contribution in [2.24, 2.45) is 0 Å². The molecule has 0 aromatic carbocycles. The molecule has 0 unspecified atom stereocenters. The van der Waals surface area contributed by atoms with Crippen LogP contribution >= 0.6 is 11.6 Å². The fraction of sp³-hybridized carbons (Fsp3) is 0.538. The van der Waals surface area contributed by atoms with Gasteiger partial charge in [0, 0.05) is 25.2 Å². The number of rotatable bonds is 2. The molecule has 0 atom stereocenters. The van der Waals surface area contributed by atoms with Crippen LogP contribution < -0.4 is 0 Å². The fourth-order valence-corrected chi connectivity index (χ4v) is 2.17. The van der Waals surface area contributed by atoms with Crippen LogP contribution in [0.1, 0.15) is 27.2 Å². The van der Waals surface area contributed by atoms with Crippen molar-refractivity contribution in [1.29, 1.82) is 0 Å². The molecule has 9 heteroatoms. The van der Waals surface area contributed by atoms with Crippen molar-refractivity contribution in [3.05, 3.63) is 27.5 Å². The van der Waals surface area contributed by atoms with Gasteiger partial charge in [-0.15, -0.1) is 5.10 Å². The molecule has 0 saturated heterocycles. The average molecular weight is 329 g/mol. The Labute approximate surface area is 132 Å². The summed E-state index contributed by atoms with van der Waals surface area (Å²) in [5, 5.41) is 14.5. The van der Waals surface area contributed by atoms with E-state index in [1.807, 2.05) is 0 Å². The predicted molar refractivity (Wildman–Crippen MR) is 80.6 cm³/mol. The Morgan fingerprint density at radius 3 is 2.64 bits per heavy atom. The first-order chi connectivity index (χ1) is 10.2. The Hall–Kier alpha value is -2.09. The van der Waals surface area contributed by atoms with Crippen molar-refractivity contribution < 1.29 is 14.5 Å². The zero-order valence-corrected chi connectivity index (χ0v) is 13.3. The first kappa shape index (κ1) is 16.3. The van der Waals surface area contributed by atoms with Crippen LogP contribution in [0.2, 0.25) is 5.15 Å². The van der Waals surface area contributed by atoms with Gasteiger partial charge in [0.25, 0.3) is 0 Å². The maximum absolute atomic E-state index is 11.9. The number of ether oxygens (including phenoxy) is 1. The molecule has 1 amide bonds. The van der Waals surface area contributed by atoms with Gasteiger partial charge >= 0.3 is 11.8 Å². The van der Waals surface area contributed by atoms with Gasteiger partial charge in [0.1, 0.15) is 11.8 Å². The normalized spacial score (nSPS) is 15.5. The predicted octanol–water partition coefficient (Wildman–Crippen LogP) is 2.93. The number of carbonyl (C=O) groups is 1. The summed E-state index contributed by atoms with van der Waals surface area (Å²) in [6, 6.07) is 0. The van der Waals surface area contributed by atoms with Crippen molar-refractivity contribution in [2.45, 2.75) is 32.8 Å². The average Bonchev–Trinajstić information content (AvgIpc) is 2.79. The van der Waals surface area contributed by atoms with E-state index in [-0.39, 0.29) is 16.9 Å². The number of carbonyl (C=O) groups excluding carboxylic acids is 1. The van der Waals surface area contributed by atoms with Gasteiger partial charge in [-0.2, -0.15) is 0 Å². The van der Waals surface area contributed by atoms with E-state index in [1.54, 1.807) is 31.7 Å². The van der Waals surface area contributed by atoms with E-state index in [4.69, 9.17) is 16.3 Å². The molecule has 1 aromatic heterocycles. The summed E-state index contributed by atoms with van der Waals surface area (Å²) in [6.07, 6.45) is 3.18. The number of amides is 1. The molecule has 1 aliphatic rings. The van der Waals surface area contributed by atoms with Crippen LogP contribution in [0, 0.1) is 10.1 Å². The molecule has 22 heavy (non-hydrogen) atoms. The third kappa shape index (κ3) is 3.76. The lowest BCUT2D eigenvalue weighted by Crippen LogP contribution is -2.39. The van der Waals surface area contributed by atoms with Crippen LogP contribution in [0.15, 0.2) is 12.3 Å². The molecule has 0 radical (unpaired) electrons. The van der Waals surface area contributed by atoms with Crippen molar-refractivity contribution in [3.8, 4) is 0 Å². The fourth-order valence-electron chi connectivity index (χ4n) is 1.97. The molecule has 1 aliphatic heterocycles. The zero-order valence-electron chi connectivity index (χ0n) is 12.6. The summed E-state index contributed by atoms with van der Waals surface area (Å²) >= 11 is 5.73. The molecular weight excluding hydrogens is 312 g/mol. The molecule has 0 fully saturated rings. The summed E-state index contributed by atoms with van der Waals surface area (Å²) in [6.45, 7) is 6.23. The van der Waals surface area contributed by atoms with E-state index in [0.717, 1.165) is 5.70 Å². The van der Waals surface area contributed by atoms with Gasteiger partial charge in [-0.3, -0.25) is 10.1 Å². The monoisotopic (exact) mass is 328 g/mol. The minimum atomic E-state index is -0.581. The molecule has 1 aromatic rings. The molecule has 0 saturated carbocycles. The van der Waals surface area contributed by atoms with Gasteiger partial charge in [-0.1, -0.05) is 11.6 Å². The van der Waals surface area contributed by atoms with Crippen LogP contribution in [0.4, 0.5) is 10.5 Å². The summed E-state index contributed by atoms with van der Waals surface area (Å²) < 4.78 is 6.68. The smallest absolute Gasteiger partial charge is 0.410 e.